The molecule has 3 aromatic carbocycles. The molecule has 13 heteroatoms. The van der Waals surface area contributed by atoms with Crippen LogP contribution in [-0.2, 0) is 16.1 Å². The number of pyridine rings is 1. The van der Waals surface area contributed by atoms with E-state index in [1.165, 1.54) is 30.0 Å². The van der Waals surface area contributed by atoms with Crippen molar-refractivity contribution in [2.75, 3.05) is 26.7 Å². The number of nitriles is 1. The molecular formula is C34H31F2N5O5S. The summed E-state index contributed by atoms with van der Waals surface area (Å²) in [6, 6.07) is 20.7. The maximum Gasteiger partial charge on any atom is 0.320 e. The number of nitrogens with zero attached hydrogens (tertiary/aromatic N) is 4. The van der Waals surface area contributed by atoms with Crippen molar-refractivity contribution in [3.8, 4) is 34.9 Å². The molecule has 1 aromatic heterocycles. The highest BCUT2D eigenvalue weighted by Crippen LogP contribution is 2.41. The molecular weight excluding hydrogens is 628 g/mol. The monoisotopic (exact) mass is 659 g/mol. The molecule has 0 fully saturated rings. The van der Waals surface area contributed by atoms with Gasteiger partial charge in [0.2, 0.25) is 11.6 Å². The van der Waals surface area contributed by atoms with Crippen molar-refractivity contribution in [3.63, 3.8) is 0 Å². The van der Waals surface area contributed by atoms with E-state index < -0.39 is 40.6 Å². The Morgan fingerprint density at radius 1 is 1.11 bits per heavy atom. The molecule has 0 saturated carbocycles. The third-order valence-corrected chi connectivity index (χ3v) is 8.16. The van der Waals surface area contributed by atoms with Gasteiger partial charge in [-0.25, -0.2) is 9.37 Å². The Morgan fingerprint density at radius 2 is 1.89 bits per heavy atom. The maximum absolute atomic E-state index is 15.9. The fourth-order valence-corrected chi connectivity index (χ4v) is 5.55. The second kappa shape index (κ2) is 15.5. The molecule has 1 aliphatic heterocycles. The fourth-order valence-electron chi connectivity index (χ4n) is 4.62. The van der Waals surface area contributed by atoms with Crippen LogP contribution in [0.15, 0.2) is 82.8 Å². The van der Waals surface area contributed by atoms with Gasteiger partial charge in [0.15, 0.2) is 17.3 Å². The zero-order valence-corrected chi connectivity index (χ0v) is 26.4. The van der Waals surface area contributed by atoms with Crippen LogP contribution >= 0.6 is 11.8 Å². The molecule has 2 N–H and O–H groups in total. The van der Waals surface area contributed by atoms with Crippen LogP contribution in [0, 0.1) is 23.0 Å². The van der Waals surface area contributed by atoms with Gasteiger partial charge in [0.05, 0.1) is 24.4 Å². The predicted octanol–water partition coefficient (Wildman–Crippen LogP) is 6.39. The van der Waals surface area contributed by atoms with Crippen molar-refractivity contribution in [2.24, 2.45) is 10.7 Å². The summed E-state index contributed by atoms with van der Waals surface area (Å²) in [5, 5.41) is 8.79. The van der Waals surface area contributed by atoms with Crippen LogP contribution in [0.1, 0.15) is 29.8 Å². The molecule has 1 aliphatic rings. The van der Waals surface area contributed by atoms with Crippen molar-refractivity contribution in [1.29, 1.82) is 5.26 Å². The molecule has 4 aromatic rings. The molecule has 2 atom stereocenters. The van der Waals surface area contributed by atoms with Gasteiger partial charge in [0.1, 0.15) is 23.8 Å². The predicted molar refractivity (Wildman–Crippen MR) is 172 cm³/mol. The third kappa shape index (κ3) is 8.04. The average Bonchev–Trinajstić information content (AvgIpc) is 3.52. The third-order valence-electron chi connectivity index (χ3n) is 6.96. The van der Waals surface area contributed by atoms with Gasteiger partial charge < -0.3 is 24.7 Å². The number of thioether (sulfide) groups is 1. The fraction of sp³-hybridized carbons (Fsp3) is 0.235. The average molecular weight is 660 g/mol. The van der Waals surface area contributed by atoms with Gasteiger partial charge in [-0.3, -0.25) is 14.7 Å². The van der Waals surface area contributed by atoms with Crippen molar-refractivity contribution >= 4 is 23.9 Å². The minimum absolute atomic E-state index is 0.00369. The van der Waals surface area contributed by atoms with Crippen LogP contribution in [0.2, 0.25) is 0 Å². The number of hydrogen-bond acceptors (Lipinski definition) is 11. The summed E-state index contributed by atoms with van der Waals surface area (Å²) in [5.74, 6) is -3.72. The molecule has 0 spiro atoms. The first-order valence-electron chi connectivity index (χ1n) is 14.6. The van der Waals surface area contributed by atoms with Crippen LogP contribution in [0.3, 0.4) is 0 Å². The van der Waals surface area contributed by atoms with Gasteiger partial charge in [-0.2, -0.15) is 9.65 Å². The summed E-state index contributed by atoms with van der Waals surface area (Å²) >= 11 is 1.20. The number of hydrogen-bond donors (Lipinski definition) is 1. The maximum atomic E-state index is 15.9. The van der Waals surface area contributed by atoms with E-state index in [1.54, 1.807) is 31.3 Å². The Balaban J connectivity index is 1.45. The molecule has 10 nitrogen and oxygen atoms in total. The Labute approximate surface area is 274 Å². The molecule has 0 bridgehead atoms. The van der Waals surface area contributed by atoms with Crippen LogP contribution in [-0.4, -0.2) is 54.1 Å². The lowest BCUT2D eigenvalue weighted by molar-refractivity contribution is -0.142. The summed E-state index contributed by atoms with van der Waals surface area (Å²) in [5.41, 5.74) is 7.44. The number of carbonyl (C=O) groups excluding carboxylic acids is 1. The number of nitrogens with two attached hydrogens (primary N) is 1. The first kappa shape index (κ1) is 33.3. The lowest BCUT2D eigenvalue weighted by atomic mass is 10.1. The number of aliphatic imine (C=N–C) groups is 1. The van der Waals surface area contributed by atoms with E-state index in [0.29, 0.717) is 17.0 Å². The Kier molecular flexibility index (Phi) is 11.0. The second-order valence-corrected chi connectivity index (χ2v) is 11.5. The van der Waals surface area contributed by atoms with E-state index in [4.69, 9.17) is 24.7 Å². The smallest absolute Gasteiger partial charge is 0.320 e. The van der Waals surface area contributed by atoms with Gasteiger partial charge in [0, 0.05) is 35.8 Å². The van der Waals surface area contributed by atoms with Crippen molar-refractivity contribution in [1.82, 2.24) is 9.88 Å². The van der Waals surface area contributed by atoms with E-state index in [9.17, 15) is 10.1 Å². The van der Waals surface area contributed by atoms with Crippen LogP contribution in [0.4, 0.5) is 8.78 Å². The van der Waals surface area contributed by atoms with Crippen LogP contribution in [0.25, 0.3) is 0 Å². The molecule has 47 heavy (non-hydrogen) atoms. The second-order valence-electron chi connectivity index (χ2n) is 10.2. The Hall–Kier alpha value is -5.03. The number of rotatable bonds is 13. The first-order valence-corrected chi connectivity index (χ1v) is 15.5. The van der Waals surface area contributed by atoms with Gasteiger partial charge in [-0.05, 0) is 49.9 Å². The molecule has 2 unspecified atom stereocenters. The minimum Gasteiger partial charge on any atom is -0.485 e. The van der Waals surface area contributed by atoms with Gasteiger partial charge in [-0.15, -0.1) is 11.8 Å². The van der Waals surface area contributed by atoms with Gasteiger partial charge >= 0.3 is 5.97 Å². The highest BCUT2D eigenvalue weighted by molar-refractivity contribution is 8.00. The summed E-state index contributed by atoms with van der Waals surface area (Å²) in [6.45, 7) is 2.70. The number of aromatic nitrogens is 1. The lowest BCUT2D eigenvalue weighted by Crippen LogP contribution is -2.28. The Morgan fingerprint density at radius 3 is 2.60 bits per heavy atom. The van der Waals surface area contributed by atoms with E-state index in [0.717, 1.165) is 11.8 Å². The van der Waals surface area contributed by atoms with E-state index in [-0.39, 0.29) is 42.6 Å². The zero-order valence-electron chi connectivity index (χ0n) is 25.6. The quantitative estimate of drug-likeness (QED) is 0.127. The zero-order chi connectivity index (χ0) is 33.3. The number of halogens is 2. The molecule has 242 valence electrons. The molecule has 0 radical (unpaired) electrons. The van der Waals surface area contributed by atoms with Crippen LogP contribution in [0.5, 0.6) is 28.9 Å². The minimum atomic E-state index is -1.21. The highest BCUT2D eigenvalue weighted by atomic mass is 32.2. The van der Waals surface area contributed by atoms with E-state index in [2.05, 4.69) is 9.98 Å². The standard InChI is InChI=1S/C34H31F2N5O5S/c1-3-43-34(42)29(18-38)47-23-10-12-26(24(16-23)32-39-13-14-41(32)2)45-31-25(35)19-40-33(30(31)36)46-28-15-22(17-37)9-11-27(28)44-20-21-7-5-4-6-8-21/h4-13,15-16,19,29,32H,3,14,18,20,38H2,1-2H3. The summed E-state index contributed by atoms with van der Waals surface area (Å²) < 4.78 is 53.8. The SMILES string of the molecule is CCOC(=O)C(CN)Sc1ccc(Oc2c(F)cnc(Oc3cc(C#N)ccc3OCc3ccccc3)c2F)c(C2N=CCN2C)c1. The molecule has 2 heterocycles. The highest BCUT2D eigenvalue weighted by Gasteiger charge is 2.28. The normalized spacial score (nSPS) is 14.8. The number of ether oxygens (including phenoxy) is 4. The molecule has 0 aliphatic carbocycles. The summed E-state index contributed by atoms with van der Waals surface area (Å²) in [4.78, 5) is 23.3. The summed E-state index contributed by atoms with van der Waals surface area (Å²) in [7, 11) is 1.84. The molecule has 0 saturated heterocycles. The summed E-state index contributed by atoms with van der Waals surface area (Å²) in [6.07, 6.45) is 1.98. The topological polar surface area (TPSA) is 132 Å². The van der Waals surface area contributed by atoms with Crippen molar-refractivity contribution in [2.45, 2.75) is 29.8 Å². The Bertz CT molecular complexity index is 1800. The van der Waals surface area contributed by atoms with Gasteiger partial charge in [-0.1, -0.05) is 30.3 Å². The van der Waals surface area contributed by atoms with E-state index in [1.807, 2.05) is 48.3 Å². The largest absolute Gasteiger partial charge is 0.485 e. The van der Waals surface area contributed by atoms with E-state index >= 15 is 8.78 Å². The molecule has 0 amide bonds. The van der Waals surface area contributed by atoms with Crippen molar-refractivity contribution in [3.05, 3.63) is 101 Å². The molecule has 5 rings (SSSR count). The number of carbonyl (C=O) groups is 1. The van der Waals surface area contributed by atoms with Gasteiger partial charge in [0.25, 0.3) is 5.88 Å². The van der Waals surface area contributed by atoms with Crippen molar-refractivity contribution < 1.29 is 32.5 Å². The number of esters is 1. The number of benzene rings is 3. The first-order chi connectivity index (χ1) is 22.8. The lowest BCUT2D eigenvalue weighted by Gasteiger charge is -2.22. The van der Waals surface area contributed by atoms with Crippen LogP contribution < -0.4 is 19.9 Å².